The number of methoxy groups -OCH3 is 1. The number of benzene rings is 2. The summed E-state index contributed by atoms with van der Waals surface area (Å²) in [7, 11) is 1.57. The van der Waals surface area contributed by atoms with Crippen LogP contribution in [0.5, 0.6) is 17.2 Å². The minimum atomic E-state index is -0.133. The Bertz CT molecular complexity index is 1030. The third-order valence-electron chi connectivity index (χ3n) is 3.87. The van der Waals surface area contributed by atoms with E-state index >= 15 is 0 Å². The van der Waals surface area contributed by atoms with E-state index < -0.39 is 0 Å². The van der Waals surface area contributed by atoms with Gasteiger partial charge in [0.1, 0.15) is 30.3 Å². The zero-order valence-corrected chi connectivity index (χ0v) is 15.1. The van der Waals surface area contributed by atoms with Crippen LogP contribution in [0.1, 0.15) is 0 Å². The largest absolute Gasteiger partial charge is 0.493 e. The van der Waals surface area contributed by atoms with Crippen LogP contribution in [0.25, 0.3) is 22.3 Å². The lowest BCUT2D eigenvalue weighted by molar-refractivity contribution is 0.326. The number of rotatable bonds is 8. The van der Waals surface area contributed by atoms with Gasteiger partial charge < -0.3 is 18.6 Å². The molecule has 1 heterocycles. The predicted octanol–water partition coefficient (Wildman–Crippen LogP) is 4.60. The maximum atomic E-state index is 12.5. The van der Waals surface area contributed by atoms with E-state index in [0.717, 1.165) is 0 Å². The molecule has 5 nitrogen and oxygen atoms in total. The van der Waals surface area contributed by atoms with Gasteiger partial charge in [0, 0.05) is 17.7 Å². The SMILES string of the molecule is C=CCOc1ccc2c(=O)cc(-c3ccc(OC)c(OCC=C)c3)oc2c1. The summed E-state index contributed by atoms with van der Waals surface area (Å²) < 4.78 is 22.4. The molecule has 0 saturated heterocycles. The quantitative estimate of drug-likeness (QED) is 0.547. The lowest BCUT2D eigenvalue weighted by Gasteiger charge is -2.11. The highest BCUT2D eigenvalue weighted by atomic mass is 16.5. The molecule has 3 rings (SSSR count). The van der Waals surface area contributed by atoms with Crippen molar-refractivity contribution in [3.63, 3.8) is 0 Å². The summed E-state index contributed by atoms with van der Waals surface area (Å²) in [5.74, 6) is 2.16. The molecule has 2 aromatic carbocycles. The van der Waals surface area contributed by atoms with E-state index in [4.69, 9.17) is 18.6 Å². The fraction of sp³-hybridized carbons (Fsp3) is 0.136. The van der Waals surface area contributed by atoms with Crippen molar-refractivity contribution in [1.82, 2.24) is 0 Å². The average Bonchev–Trinajstić information content (AvgIpc) is 2.70. The smallest absolute Gasteiger partial charge is 0.193 e. The van der Waals surface area contributed by atoms with Crippen molar-refractivity contribution >= 4 is 11.0 Å². The molecule has 0 unspecified atom stereocenters. The molecule has 27 heavy (non-hydrogen) atoms. The van der Waals surface area contributed by atoms with Crippen molar-refractivity contribution < 1.29 is 18.6 Å². The van der Waals surface area contributed by atoms with Crippen molar-refractivity contribution in [2.75, 3.05) is 20.3 Å². The molecule has 0 atom stereocenters. The van der Waals surface area contributed by atoms with Gasteiger partial charge in [0.05, 0.1) is 12.5 Å². The third kappa shape index (κ3) is 4.03. The molecule has 5 heteroatoms. The van der Waals surface area contributed by atoms with E-state index in [0.29, 0.717) is 52.8 Å². The fourth-order valence-electron chi connectivity index (χ4n) is 2.61. The third-order valence-corrected chi connectivity index (χ3v) is 3.87. The minimum Gasteiger partial charge on any atom is -0.493 e. The van der Waals surface area contributed by atoms with E-state index in [-0.39, 0.29) is 5.43 Å². The van der Waals surface area contributed by atoms with Gasteiger partial charge in [-0.05, 0) is 30.3 Å². The van der Waals surface area contributed by atoms with E-state index in [1.165, 1.54) is 6.07 Å². The Labute approximate surface area is 157 Å². The fourth-order valence-corrected chi connectivity index (χ4v) is 2.61. The minimum absolute atomic E-state index is 0.133. The van der Waals surface area contributed by atoms with Crippen LogP contribution in [0.3, 0.4) is 0 Å². The Morgan fingerprint density at radius 3 is 2.48 bits per heavy atom. The first-order valence-electron chi connectivity index (χ1n) is 8.40. The van der Waals surface area contributed by atoms with Gasteiger partial charge in [-0.2, -0.15) is 0 Å². The van der Waals surface area contributed by atoms with Gasteiger partial charge in [0.15, 0.2) is 16.9 Å². The molecule has 0 saturated carbocycles. The van der Waals surface area contributed by atoms with Crippen LogP contribution in [-0.2, 0) is 0 Å². The maximum Gasteiger partial charge on any atom is 0.193 e. The lowest BCUT2D eigenvalue weighted by Crippen LogP contribution is -2.01. The number of hydrogen-bond acceptors (Lipinski definition) is 5. The molecule has 0 N–H and O–H groups in total. The van der Waals surface area contributed by atoms with Crippen LogP contribution in [0.4, 0.5) is 0 Å². The standard InChI is InChI=1S/C22H20O5/c1-4-10-25-16-7-8-17-18(23)14-20(27-21(17)13-16)15-6-9-19(24-3)22(12-15)26-11-5-2/h4-9,12-14H,1-2,10-11H2,3H3. The second kappa shape index (κ2) is 8.27. The first-order chi connectivity index (χ1) is 13.2. The van der Waals surface area contributed by atoms with Gasteiger partial charge in [0.25, 0.3) is 0 Å². The molecule has 0 aliphatic carbocycles. The van der Waals surface area contributed by atoms with Crippen LogP contribution in [0.15, 0.2) is 77.0 Å². The van der Waals surface area contributed by atoms with E-state index in [2.05, 4.69) is 13.2 Å². The number of ether oxygens (including phenoxy) is 3. The zero-order chi connectivity index (χ0) is 19.2. The highest BCUT2D eigenvalue weighted by molar-refractivity contribution is 5.80. The predicted molar refractivity (Wildman–Crippen MR) is 106 cm³/mol. The molecular weight excluding hydrogens is 344 g/mol. The topological polar surface area (TPSA) is 57.9 Å². The van der Waals surface area contributed by atoms with Crippen LogP contribution in [0.2, 0.25) is 0 Å². The summed E-state index contributed by atoms with van der Waals surface area (Å²) in [6.45, 7) is 7.98. The van der Waals surface area contributed by atoms with Gasteiger partial charge in [-0.25, -0.2) is 0 Å². The summed E-state index contributed by atoms with van der Waals surface area (Å²) in [5.41, 5.74) is 1.01. The number of fused-ring (bicyclic) bond motifs is 1. The molecule has 0 fully saturated rings. The Hall–Kier alpha value is -3.47. The first kappa shape index (κ1) is 18.3. The maximum absolute atomic E-state index is 12.5. The molecule has 138 valence electrons. The van der Waals surface area contributed by atoms with E-state index in [9.17, 15) is 4.79 Å². The molecule has 0 aliphatic rings. The van der Waals surface area contributed by atoms with Crippen molar-refractivity contribution in [1.29, 1.82) is 0 Å². The zero-order valence-electron chi connectivity index (χ0n) is 15.1. The summed E-state index contributed by atoms with van der Waals surface area (Å²) in [6.07, 6.45) is 3.30. The summed E-state index contributed by atoms with van der Waals surface area (Å²) in [6, 6.07) is 11.9. The van der Waals surface area contributed by atoms with Crippen LogP contribution < -0.4 is 19.6 Å². The molecule has 0 radical (unpaired) electrons. The summed E-state index contributed by atoms with van der Waals surface area (Å²) in [5, 5.41) is 0.487. The molecule has 0 amide bonds. The normalized spacial score (nSPS) is 10.4. The molecular formula is C22H20O5. The summed E-state index contributed by atoms with van der Waals surface area (Å²) in [4.78, 5) is 12.5. The molecule has 0 bridgehead atoms. The second-order valence-corrected chi connectivity index (χ2v) is 5.70. The molecule has 3 aromatic rings. The number of hydrogen-bond donors (Lipinski definition) is 0. The average molecular weight is 364 g/mol. The van der Waals surface area contributed by atoms with Crippen molar-refractivity contribution in [3.8, 4) is 28.6 Å². The van der Waals surface area contributed by atoms with Gasteiger partial charge in [-0.1, -0.05) is 25.3 Å². The second-order valence-electron chi connectivity index (χ2n) is 5.70. The van der Waals surface area contributed by atoms with Crippen LogP contribution in [-0.4, -0.2) is 20.3 Å². The van der Waals surface area contributed by atoms with Gasteiger partial charge in [-0.3, -0.25) is 4.79 Å². The molecule has 1 aromatic heterocycles. The van der Waals surface area contributed by atoms with E-state index in [1.807, 2.05) is 6.07 Å². The van der Waals surface area contributed by atoms with Gasteiger partial charge >= 0.3 is 0 Å². The first-order valence-corrected chi connectivity index (χ1v) is 8.40. The van der Waals surface area contributed by atoms with Crippen molar-refractivity contribution in [2.24, 2.45) is 0 Å². The van der Waals surface area contributed by atoms with Crippen molar-refractivity contribution in [2.45, 2.75) is 0 Å². The summed E-state index contributed by atoms with van der Waals surface area (Å²) >= 11 is 0. The van der Waals surface area contributed by atoms with Crippen LogP contribution >= 0.6 is 0 Å². The van der Waals surface area contributed by atoms with Gasteiger partial charge in [-0.15, -0.1) is 0 Å². The Morgan fingerprint density at radius 2 is 1.74 bits per heavy atom. The lowest BCUT2D eigenvalue weighted by atomic mass is 10.1. The Balaban J connectivity index is 2.06. The Morgan fingerprint density at radius 1 is 0.963 bits per heavy atom. The molecule has 0 aliphatic heterocycles. The van der Waals surface area contributed by atoms with Crippen molar-refractivity contribution in [3.05, 3.63) is 78.0 Å². The highest BCUT2D eigenvalue weighted by Gasteiger charge is 2.12. The van der Waals surface area contributed by atoms with Crippen LogP contribution in [0, 0.1) is 0 Å². The highest BCUT2D eigenvalue weighted by Crippen LogP contribution is 2.33. The van der Waals surface area contributed by atoms with Gasteiger partial charge in [0.2, 0.25) is 0 Å². The Kier molecular flexibility index (Phi) is 5.61. The monoisotopic (exact) mass is 364 g/mol. The molecule has 0 spiro atoms. The van der Waals surface area contributed by atoms with E-state index in [1.54, 1.807) is 49.6 Å².